The van der Waals surface area contributed by atoms with E-state index in [9.17, 15) is 4.79 Å². The van der Waals surface area contributed by atoms with E-state index in [1.165, 1.54) is 11.1 Å². The molecule has 0 N–H and O–H groups in total. The number of hydrogen-bond acceptors (Lipinski definition) is 1. The van der Waals surface area contributed by atoms with Gasteiger partial charge >= 0.3 is 0 Å². The summed E-state index contributed by atoms with van der Waals surface area (Å²) in [7, 11) is 0. The molecule has 2 atom stereocenters. The van der Waals surface area contributed by atoms with Crippen molar-refractivity contribution in [3.8, 4) is 0 Å². The van der Waals surface area contributed by atoms with E-state index in [2.05, 4.69) is 39.8 Å². The summed E-state index contributed by atoms with van der Waals surface area (Å²) in [6.07, 6.45) is 0.925. The number of Topliss-reactive ketones (excluding diaryl/α,β-unsaturated/α-hetero) is 1. The van der Waals surface area contributed by atoms with Crippen LogP contribution in [0.2, 0.25) is 0 Å². The number of benzene rings is 1. The van der Waals surface area contributed by atoms with Crippen LogP contribution in [0.5, 0.6) is 0 Å². The van der Waals surface area contributed by atoms with E-state index in [0.717, 1.165) is 6.42 Å². The molecule has 0 amide bonds. The van der Waals surface area contributed by atoms with Crippen molar-refractivity contribution in [2.45, 2.75) is 47.0 Å². The van der Waals surface area contributed by atoms with Crippen LogP contribution in [0.4, 0.5) is 0 Å². The van der Waals surface area contributed by atoms with Crippen LogP contribution in [0.3, 0.4) is 0 Å². The minimum atomic E-state index is 0.0474. The molecule has 0 bridgehead atoms. The van der Waals surface area contributed by atoms with Crippen molar-refractivity contribution in [2.75, 3.05) is 0 Å². The van der Waals surface area contributed by atoms with Gasteiger partial charge in [-0.05, 0) is 30.4 Å². The zero-order valence-corrected chi connectivity index (χ0v) is 11.7. The Kier molecular flexibility index (Phi) is 4.92. The smallest absolute Gasteiger partial charge is 0.143 e. The lowest BCUT2D eigenvalue weighted by molar-refractivity contribution is -0.124. The summed E-state index contributed by atoms with van der Waals surface area (Å²) < 4.78 is 0. The van der Waals surface area contributed by atoms with E-state index in [1.54, 1.807) is 0 Å². The van der Waals surface area contributed by atoms with Gasteiger partial charge in [-0.25, -0.2) is 0 Å². The number of hydrogen-bond donors (Lipinski definition) is 0. The first-order valence-corrected chi connectivity index (χ1v) is 6.58. The van der Waals surface area contributed by atoms with Crippen molar-refractivity contribution in [3.63, 3.8) is 0 Å². The van der Waals surface area contributed by atoms with Gasteiger partial charge in [-0.1, -0.05) is 52.0 Å². The molecule has 1 aromatic carbocycles. The van der Waals surface area contributed by atoms with Gasteiger partial charge in [0.05, 0.1) is 0 Å². The molecule has 2 unspecified atom stereocenters. The van der Waals surface area contributed by atoms with E-state index >= 15 is 0 Å². The van der Waals surface area contributed by atoms with Crippen LogP contribution in [0.15, 0.2) is 24.3 Å². The predicted octanol–water partition coefficient (Wildman–Crippen LogP) is 4.35. The van der Waals surface area contributed by atoms with Crippen molar-refractivity contribution < 1.29 is 4.79 Å². The highest BCUT2D eigenvalue weighted by Gasteiger charge is 2.27. The van der Waals surface area contributed by atoms with Gasteiger partial charge in [0.1, 0.15) is 5.78 Å². The minimum absolute atomic E-state index is 0.0474. The molecule has 0 aromatic heterocycles. The Morgan fingerprint density at radius 3 is 2.24 bits per heavy atom. The number of carbonyl (C=O) groups is 1. The van der Waals surface area contributed by atoms with Gasteiger partial charge in [0.15, 0.2) is 0 Å². The van der Waals surface area contributed by atoms with E-state index in [-0.39, 0.29) is 11.8 Å². The zero-order chi connectivity index (χ0) is 13.0. The Hall–Kier alpha value is -1.11. The van der Waals surface area contributed by atoms with Gasteiger partial charge in [0.2, 0.25) is 0 Å². The predicted molar refractivity (Wildman–Crippen MR) is 73.2 cm³/mol. The largest absolute Gasteiger partial charge is 0.299 e. The van der Waals surface area contributed by atoms with Crippen LogP contribution in [0.25, 0.3) is 0 Å². The van der Waals surface area contributed by atoms with Gasteiger partial charge in [-0.2, -0.15) is 0 Å². The first-order valence-electron chi connectivity index (χ1n) is 6.58. The topological polar surface area (TPSA) is 17.1 Å². The first kappa shape index (κ1) is 14.0. The first-order chi connectivity index (χ1) is 7.99. The highest BCUT2D eigenvalue weighted by Crippen LogP contribution is 2.31. The maximum Gasteiger partial charge on any atom is 0.143 e. The normalized spacial score (nSPS) is 14.7. The average molecular weight is 232 g/mol. The van der Waals surface area contributed by atoms with Gasteiger partial charge in [-0.3, -0.25) is 4.79 Å². The quantitative estimate of drug-likeness (QED) is 0.737. The van der Waals surface area contributed by atoms with Crippen molar-refractivity contribution in [1.82, 2.24) is 0 Å². The maximum absolute atomic E-state index is 12.5. The van der Waals surface area contributed by atoms with Gasteiger partial charge in [0.25, 0.3) is 0 Å². The molecular formula is C16H24O. The third-order valence-electron chi connectivity index (χ3n) is 3.59. The van der Waals surface area contributed by atoms with Gasteiger partial charge in [-0.15, -0.1) is 0 Å². The van der Waals surface area contributed by atoms with Crippen LogP contribution in [0, 0.1) is 18.8 Å². The number of aryl methyl sites for hydroxylation is 1. The maximum atomic E-state index is 12.5. The summed E-state index contributed by atoms with van der Waals surface area (Å²) in [6, 6.07) is 8.25. The molecule has 1 nitrogen and oxygen atoms in total. The van der Waals surface area contributed by atoms with Crippen LogP contribution >= 0.6 is 0 Å². The molecule has 0 heterocycles. The lowest BCUT2D eigenvalue weighted by Crippen LogP contribution is -2.24. The summed E-state index contributed by atoms with van der Waals surface area (Å²) >= 11 is 0. The van der Waals surface area contributed by atoms with Gasteiger partial charge in [0, 0.05) is 11.8 Å². The SMILES string of the molecule is CCC(C)C(=O)C(c1ccccc1C)C(C)C. The van der Waals surface area contributed by atoms with Crippen LogP contribution < -0.4 is 0 Å². The molecule has 0 aliphatic heterocycles. The third kappa shape index (κ3) is 3.18. The van der Waals surface area contributed by atoms with Crippen molar-refractivity contribution in [3.05, 3.63) is 35.4 Å². The molecule has 0 radical (unpaired) electrons. The molecule has 17 heavy (non-hydrogen) atoms. The molecule has 0 saturated heterocycles. The van der Waals surface area contributed by atoms with Crippen LogP contribution in [-0.2, 0) is 4.79 Å². The standard InChI is InChI=1S/C16H24O/c1-6-12(4)16(17)15(11(2)3)14-10-8-7-9-13(14)5/h7-12,15H,6H2,1-5H3. The summed E-state index contributed by atoms with van der Waals surface area (Å²) in [4.78, 5) is 12.5. The fourth-order valence-electron chi connectivity index (χ4n) is 2.28. The summed E-state index contributed by atoms with van der Waals surface area (Å²) in [5.41, 5.74) is 2.43. The van der Waals surface area contributed by atoms with Gasteiger partial charge < -0.3 is 0 Å². The number of carbonyl (C=O) groups excluding carboxylic acids is 1. The molecule has 1 aromatic rings. The van der Waals surface area contributed by atoms with Crippen LogP contribution in [0.1, 0.15) is 51.2 Å². The Labute approximate surface area is 105 Å². The van der Waals surface area contributed by atoms with E-state index in [0.29, 0.717) is 11.7 Å². The zero-order valence-electron chi connectivity index (χ0n) is 11.7. The Morgan fingerprint density at radius 2 is 1.76 bits per heavy atom. The van der Waals surface area contributed by atoms with Crippen molar-refractivity contribution >= 4 is 5.78 Å². The monoisotopic (exact) mass is 232 g/mol. The summed E-state index contributed by atoms with van der Waals surface area (Å²) in [5, 5.41) is 0. The van der Waals surface area contributed by atoms with Crippen LogP contribution in [-0.4, -0.2) is 5.78 Å². The molecule has 94 valence electrons. The molecule has 1 rings (SSSR count). The molecule has 0 aliphatic carbocycles. The fraction of sp³-hybridized carbons (Fsp3) is 0.562. The molecule has 0 saturated carbocycles. The molecular weight excluding hydrogens is 208 g/mol. The van der Waals surface area contributed by atoms with Crippen molar-refractivity contribution in [2.24, 2.45) is 11.8 Å². The highest BCUT2D eigenvalue weighted by atomic mass is 16.1. The molecule has 0 aliphatic rings. The Morgan fingerprint density at radius 1 is 1.18 bits per heavy atom. The fourth-order valence-corrected chi connectivity index (χ4v) is 2.28. The third-order valence-corrected chi connectivity index (χ3v) is 3.59. The number of ketones is 1. The lowest BCUT2D eigenvalue weighted by atomic mass is 9.78. The molecule has 0 spiro atoms. The van der Waals surface area contributed by atoms with E-state index in [4.69, 9.17) is 0 Å². The Balaban J connectivity index is 3.11. The number of rotatable bonds is 5. The Bertz CT molecular complexity index is 379. The summed E-state index contributed by atoms with van der Waals surface area (Å²) in [6.45, 7) is 10.5. The lowest BCUT2D eigenvalue weighted by Gasteiger charge is -2.24. The second kappa shape index (κ2) is 6.00. The van der Waals surface area contributed by atoms with E-state index in [1.807, 2.05) is 19.1 Å². The molecule has 0 fully saturated rings. The summed E-state index contributed by atoms with van der Waals surface area (Å²) in [5.74, 6) is 0.947. The second-order valence-electron chi connectivity index (χ2n) is 5.29. The average Bonchev–Trinajstić information content (AvgIpc) is 2.30. The second-order valence-corrected chi connectivity index (χ2v) is 5.29. The molecule has 1 heteroatoms. The highest BCUT2D eigenvalue weighted by molar-refractivity contribution is 5.88. The van der Waals surface area contributed by atoms with Crippen molar-refractivity contribution in [1.29, 1.82) is 0 Å². The van der Waals surface area contributed by atoms with E-state index < -0.39 is 0 Å². The minimum Gasteiger partial charge on any atom is -0.299 e.